The molecule has 90 valence electrons. The van der Waals surface area contributed by atoms with Crippen LogP contribution in [0.4, 0.5) is 0 Å². The molecule has 1 unspecified atom stereocenters. The van der Waals surface area contributed by atoms with E-state index in [1.165, 1.54) is 11.1 Å². The summed E-state index contributed by atoms with van der Waals surface area (Å²) in [6.45, 7) is 12.3. The quantitative estimate of drug-likeness (QED) is 0.367. The number of allylic oxidation sites excluding steroid dienone is 3. The molecule has 0 spiro atoms. The third-order valence-corrected chi connectivity index (χ3v) is 3.28. The van der Waals surface area contributed by atoms with Gasteiger partial charge < -0.3 is 4.74 Å². The SMILES string of the molecule is C=C=C(C)CCC=C(C)CCC1OC1(C)C. The van der Waals surface area contributed by atoms with E-state index in [2.05, 4.69) is 46.1 Å². The maximum Gasteiger partial charge on any atom is 0.0892 e. The Morgan fingerprint density at radius 1 is 1.38 bits per heavy atom. The van der Waals surface area contributed by atoms with Crippen molar-refractivity contribution in [2.45, 2.75) is 65.1 Å². The molecule has 1 saturated heterocycles. The molecule has 0 aromatic rings. The number of ether oxygens (including phenoxy) is 1. The van der Waals surface area contributed by atoms with E-state index in [9.17, 15) is 0 Å². The fraction of sp³-hybridized carbons (Fsp3) is 0.667. The maximum absolute atomic E-state index is 5.57. The zero-order valence-corrected chi connectivity index (χ0v) is 11.1. The van der Waals surface area contributed by atoms with E-state index in [1.54, 1.807) is 0 Å². The van der Waals surface area contributed by atoms with Gasteiger partial charge in [0.25, 0.3) is 0 Å². The summed E-state index contributed by atoms with van der Waals surface area (Å²) in [5.74, 6) is 0. The summed E-state index contributed by atoms with van der Waals surface area (Å²) in [4.78, 5) is 0. The van der Waals surface area contributed by atoms with Gasteiger partial charge in [-0.1, -0.05) is 18.2 Å². The van der Waals surface area contributed by atoms with E-state index in [1.807, 2.05) is 0 Å². The summed E-state index contributed by atoms with van der Waals surface area (Å²) >= 11 is 0. The Hall–Kier alpha value is -0.780. The number of hydrogen-bond donors (Lipinski definition) is 0. The monoisotopic (exact) mass is 220 g/mol. The molecule has 0 N–H and O–H groups in total. The molecule has 1 nitrogen and oxygen atoms in total. The standard InChI is InChI=1S/C15H24O/c1-6-12(2)8-7-9-13(3)10-11-14-15(4,5)16-14/h9,14H,1,7-8,10-11H2,2-5H3. The summed E-state index contributed by atoms with van der Waals surface area (Å²) in [6.07, 6.45) is 7.30. The van der Waals surface area contributed by atoms with Crippen LogP contribution in [0.3, 0.4) is 0 Å². The molecule has 0 aromatic heterocycles. The first-order chi connectivity index (χ1) is 7.45. The van der Waals surface area contributed by atoms with E-state index in [0.717, 1.165) is 25.7 Å². The molecule has 0 aromatic carbocycles. The van der Waals surface area contributed by atoms with Gasteiger partial charge in [0.2, 0.25) is 0 Å². The molecular weight excluding hydrogens is 196 g/mol. The molecule has 1 rings (SSSR count). The Morgan fingerprint density at radius 2 is 2.00 bits per heavy atom. The van der Waals surface area contributed by atoms with Crippen LogP contribution in [0, 0.1) is 0 Å². The molecule has 0 saturated carbocycles. The molecule has 1 aliphatic rings. The van der Waals surface area contributed by atoms with Gasteiger partial charge in [0.15, 0.2) is 0 Å². The fourth-order valence-electron chi connectivity index (χ4n) is 1.82. The third-order valence-electron chi connectivity index (χ3n) is 3.28. The van der Waals surface area contributed by atoms with E-state index in [-0.39, 0.29) is 5.60 Å². The van der Waals surface area contributed by atoms with Crippen molar-refractivity contribution in [3.63, 3.8) is 0 Å². The van der Waals surface area contributed by atoms with Crippen molar-refractivity contribution in [1.29, 1.82) is 0 Å². The van der Waals surface area contributed by atoms with Gasteiger partial charge in [-0.15, -0.1) is 5.73 Å². The van der Waals surface area contributed by atoms with Crippen LogP contribution in [-0.4, -0.2) is 11.7 Å². The van der Waals surface area contributed by atoms with Crippen LogP contribution in [0.15, 0.2) is 29.5 Å². The smallest absolute Gasteiger partial charge is 0.0892 e. The molecule has 1 fully saturated rings. The Morgan fingerprint density at radius 3 is 2.50 bits per heavy atom. The van der Waals surface area contributed by atoms with Gasteiger partial charge in [-0.2, -0.15) is 0 Å². The van der Waals surface area contributed by atoms with Gasteiger partial charge in [0.05, 0.1) is 11.7 Å². The second-order valence-electron chi connectivity index (χ2n) is 5.29. The summed E-state index contributed by atoms with van der Waals surface area (Å²) in [5.41, 5.74) is 5.79. The topological polar surface area (TPSA) is 12.5 Å². The van der Waals surface area contributed by atoms with Crippen molar-refractivity contribution in [2.24, 2.45) is 0 Å². The Balaban J connectivity index is 2.17. The highest BCUT2D eigenvalue weighted by Crippen LogP contribution is 2.38. The Bertz CT molecular complexity index is 316. The van der Waals surface area contributed by atoms with Crippen LogP contribution < -0.4 is 0 Å². The lowest BCUT2D eigenvalue weighted by molar-refractivity contribution is 0.320. The second-order valence-corrected chi connectivity index (χ2v) is 5.29. The van der Waals surface area contributed by atoms with E-state index >= 15 is 0 Å². The largest absolute Gasteiger partial charge is 0.367 e. The van der Waals surface area contributed by atoms with Crippen LogP contribution in [0.2, 0.25) is 0 Å². The lowest BCUT2D eigenvalue weighted by atomic mass is 10.0. The van der Waals surface area contributed by atoms with Crippen molar-refractivity contribution in [1.82, 2.24) is 0 Å². The summed E-state index contributed by atoms with van der Waals surface area (Å²) in [7, 11) is 0. The minimum Gasteiger partial charge on any atom is -0.367 e. The average molecular weight is 220 g/mol. The molecule has 0 aliphatic carbocycles. The summed E-state index contributed by atoms with van der Waals surface area (Å²) in [6, 6.07) is 0. The Labute approximate surface area is 99.9 Å². The van der Waals surface area contributed by atoms with Crippen molar-refractivity contribution in [3.05, 3.63) is 29.5 Å². The summed E-state index contributed by atoms with van der Waals surface area (Å²) in [5, 5.41) is 0. The van der Waals surface area contributed by atoms with Gasteiger partial charge in [-0.25, -0.2) is 0 Å². The first-order valence-corrected chi connectivity index (χ1v) is 6.14. The fourth-order valence-corrected chi connectivity index (χ4v) is 1.82. The van der Waals surface area contributed by atoms with Crippen LogP contribution in [0.25, 0.3) is 0 Å². The van der Waals surface area contributed by atoms with Gasteiger partial charge >= 0.3 is 0 Å². The minimum atomic E-state index is 0.141. The number of hydrogen-bond acceptors (Lipinski definition) is 1. The van der Waals surface area contributed by atoms with Gasteiger partial charge in [0.1, 0.15) is 0 Å². The molecule has 1 aliphatic heterocycles. The number of rotatable bonds is 6. The second kappa shape index (κ2) is 5.52. The van der Waals surface area contributed by atoms with Crippen molar-refractivity contribution in [2.75, 3.05) is 0 Å². The molecule has 16 heavy (non-hydrogen) atoms. The highest BCUT2D eigenvalue weighted by atomic mass is 16.6. The van der Waals surface area contributed by atoms with Crippen LogP contribution in [0.5, 0.6) is 0 Å². The van der Waals surface area contributed by atoms with Crippen molar-refractivity contribution in [3.8, 4) is 0 Å². The molecule has 0 bridgehead atoms. The maximum atomic E-state index is 5.57. The van der Waals surface area contributed by atoms with Crippen LogP contribution >= 0.6 is 0 Å². The lowest BCUT2D eigenvalue weighted by Gasteiger charge is -2.01. The van der Waals surface area contributed by atoms with E-state index in [4.69, 9.17) is 4.74 Å². The first kappa shape index (κ1) is 13.3. The van der Waals surface area contributed by atoms with Gasteiger partial charge in [-0.3, -0.25) is 0 Å². The number of epoxide rings is 1. The van der Waals surface area contributed by atoms with Crippen LogP contribution in [0.1, 0.15) is 53.4 Å². The van der Waals surface area contributed by atoms with Crippen LogP contribution in [-0.2, 0) is 4.74 Å². The molecule has 1 heterocycles. The first-order valence-electron chi connectivity index (χ1n) is 6.14. The predicted octanol–water partition coefficient (Wildman–Crippen LogP) is 4.40. The van der Waals surface area contributed by atoms with Gasteiger partial charge in [0, 0.05) is 0 Å². The molecule has 1 heteroatoms. The van der Waals surface area contributed by atoms with Gasteiger partial charge in [-0.05, 0) is 59.0 Å². The normalized spacial score (nSPS) is 22.8. The highest BCUT2D eigenvalue weighted by molar-refractivity contribution is 5.04. The molecule has 0 radical (unpaired) electrons. The predicted molar refractivity (Wildman–Crippen MR) is 69.5 cm³/mol. The molecular formula is C15H24O. The van der Waals surface area contributed by atoms with E-state index < -0.39 is 0 Å². The zero-order valence-electron chi connectivity index (χ0n) is 11.1. The third kappa shape index (κ3) is 4.38. The van der Waals surface area contributed by atoms with Crippen molar-refractivity contribution >= 4 is 0 Å². The molecule has 1 atom stereocenters. The zero-order chi connectivity index (χ0) is 12.2. The summed E-state index contributed by atoms with van der Waals surface area (Å²) < 4.78 is 5.57. The highest BCUT2D eigenvalue weighted by Gasteiger charge is 2.46. The Kier molecular flexibility index (Phi) is 4.58. The van der Waals surface area contributed by atoms with Crippen molar-refractivity contribution < 1.29 is 4.74 Å². The molecule has 0 amide bonds. The average Bonchev–Trinajstić information content (AvgIpc) is 2.83. The van der Waals surface area contributed by atoms with E-state index in [0.29, 0.717) is 6.10 Å². The lowest BCUT2D eigenvalue weighted by Crippen LogP contribution is -2.02. The minimum absolute atomic E-state index is 0.141.